The SMILES string of the molecule is Cc1oncc1C(=O)Nc1ccc(Cl)c(NS(=O)(=O)c2cc(F)ccc2Cl)c1. The maximum absolute atomic E-state index is 13.4. The normalized spacial score (nSPS) is 11.3. The van der Waals surface area contributed by atoms with Crippen molar-refractivity contribution < 1.29 is 22.1 Å². The van der Waals surface area contributed by atoms with Gasteiger partial charge in [0.25, 0.3) is 15.9 Å². The summed E-state index contributed by atoms with van der Waals surface area (Å²) in [5, 5.41) is 6.01. The highest BCUT2D eigenvalue weighted by atomic mass is 35.5. The molecule has 146 valence electrons. The van der Waals surface area contributed by atoms with Gasteiger partial charge in [-0.1, -0.05) is 28.4 Å². The van der Waals surface area contributed by atoms with Crippen molar-refractivity contribution in [2.45, 2.75) is 11.8 Å². The minimum Gasteiger partial charge on any atom is -0.361 e. The molecule has 0 atom stereocenters. The van der Waals surface area contributed by atoms with Gasteiger partial charge in [-0.3, -0.25) is 9.52 Å². The van der Waals surface area contributed by atoms with Crippen molar-refractivity contribution in [1.29, 1.82) is 0 Å². The smallest absolute Gasteiger partial charge is 0.263 e. The molecular formula is C17H12Cl2FN3O4S. The van der Waals surface area contributed by atoms with Gasteiger partial charge in [-0.2, -0.15) is 0 Å². The number of aromatic nitrogens is 1. The van der Waals surface area contributed by atoms with Crippen LogP contribution >= 0.6 is 23.2 Å². The zero-order valence-corrected chi connectivity index (χ0v) is 16.5. The Bertz CT molecular complexity index is 1160. The number of sulfonamides is 1. The summed E-state index contributed by atoms with van der Waals surface area (Å²) in [6.07, 6.45) is 1.26. The second-order valence-electron chi connectivity index (χ2n) is 5.62. The number of aryl methyl sites for hydroxylation is 1. The van der Waals surface area contributed by atoms with E-state index in [2.05, 4.69) is 15.2 Å². The summed E-state index contributed by atoms with van der Waals surface area (Å²) in [4.78, 5) is 11.8. The highest BCUT2D eigenvalue weighted by Gasteiger charge is 2.21. The first-order valence-electron chi connectivity index (χ1n) is 7.67. The van der Waals surface area contributed by atoms with E-state index in [1.54, 1.807) is 6.92 Å². The summed E-state index contributed by atoms with van der Waals surface area (Å²) < 4.78 is 45.6. The van der Waals surface area contributed by atoms with Gasteiger partial charge in [0.1, 0.15) is 22.0 Å². The van der Waals surface area contributed by atoms with E-state index in [4.69, 9.17) is 27.7 Å². The minimum absolute atomic E-state index is 0.0261. The monoisotopic (exact) mass is 443 g/mol. The topological polar surface area (TPSA) is 101 Å². The molecule has 0 saturated heterocycles. The van der Waals surface area contributed by atoms with Gasteiger partial charge in [0.15, 0.2) is 0 Å². The van der Waals surface area contributed by atoms with Crippen molar-refractivity contribution in [3.63, 3.8) is 0 Å². The maximum atomic E-state index is 13.4. The quantitative estimate of drug-likeness (QED) is 0.604. The van der Waals surface area contributed by atoms with E-state index in [1.807, 2.05) is 0 Å². The molecule has 0 aliphatic heterocycles. The number of benzene rings is 2. The fourth-order valence-electron chi connectivity index (χ4n) is 2.28. The van der Waals surface area contributed by atoms with Crippen molar-refractivity contribution in [3.8, 4) is 0 Å². The van der Waals surface area contributed by atoms with E-state index in [0.29, 0.717) is 5.76 Å². The molecule has 0 aliphatic rings. The molecule has 0 unspecified atom stereocenters. The zero-order valence-electron chi connectivity index (χ0n) is 14.2. The Hall–Kier alpha value is -2.62. The van der Waals surface area contributed by atoms with Crippen LogP contribution in [0.5, 0.6) is 0 Å². The molecule has 1 aromatic heterocycles. The van der Waals surface area contributed by atoms with Crippen molar-refractivity contribution in [2.75, 3.05) is 10.0 Å². The molecule has 11 heteroatoms. The first-order valence-corrected chi connectivity index (χ1v) is 9.91. The van der Waals surface area contributed by atoms with Crippen LogP contribution in [0.15, 0.2) is 52.0 Å². The third-order valence-electron chi connectivity index (χ3n) is 3.65. The second kappa shape index (κ2) is 7.78. The predicted octanol–water partition coefficient (Wildman–Crippen LogP) is 4.48. The largest absolute Gasteiger partial charge is 0.361 e. The number of nitrogens with zero attached hydrogens (tertiary/aromatic N) is 1. The number of carbonyl (C=O) groups excluding carboxylic acids is 1. The van der Waals surface area contributed by atoms with Crippen LogP contribution in [0.4, 0.5) is 15.8 Å². The first kappa shape index (κ1) is 20.1. The summed E-state index contributed by atoms with van der Waals surface area (Å²) in [6, 6.07) is 7.15. The third kappa shape index (κ3) is 4.27. The van der Waals surface area contributed by atoms with E-state index in [-0.39, 0.29) is 27.0 Å². The number of hydrogen-bond acceptors (Lipinski definition) is 5. The lowest BCUT2D eigenvalue weighted by molar-refractivity contribution is 0.102. The average molecular weight is 444 g/mol. The molecule has 3 aromatic rings. The van der Waals surface area contributed by atoms with Crippen LogP contribution in [0.2, 0.25) is 10.0 Å². The molecule has 7 nitrogen and oxygen atoms in total. The Morgan fingerprint density at radius 3 is 2.54 bits per heavy atom. The Morgan fingerprint density at radius 1 is 1.14 bits per heavy atom. The second-order valence-corrected chi connectivity index (χ2v) is 8.09. The van der Waals surface area contributed by atoms with Gasteiger partial charge < -0.3 is 9.84 Å². The molecule has 1 heterocycles. The van der Waals surface area contributed by atoms with Gasteiger partial charge in [0.2, 0.25) is 0 Å². The minimum atomic E-state index is -4.23. The third-order valence-corrected chi connectivity index (χ3v) is 5.82. The van der Waals surface area contributed by atoms with E-state index in [0.717, 1.165) is 18.2 Å². The molecule has 0 spiro atoms. The Balaban J connectivity index is 1.88. The number of halogens is 3. The van der Waals surface area contributed by atoms with Crippen molar-refractivity contribution in [3.05, 3.63) is 69.8 Å². The van der Waals surface area contributed by atoms with Gasteiger partial charge in [-0.25, -0.2) is 12.8 Å². The summed E-state index contributed by atoms with van der Waals surface area (Å²) >= 11 is 11.9. The molecule has 1 amide bonds. The number of nitrogens with one attached hydrogen (secondary N) is 2. The van der Waals surface area contributed by atoms with Crippen LogP contribution in [0.25, 0.3) is 0 Å². The number of rotatable bonds is 5. The summed E-state index contributed by atoms with van der Waals surface area (Å²) in [5.41, 5.74) is 0.462. The van der Waals surface area contributed by atoms with Crippen molar-refractivity contribution in [2.24, 2.45) is 0 Å². The molecule has 3 rings (SSSR count). The van der Waals surface area contributed by atoms with Gasteiger partial charge in [0.05, 0.1) is 21.9 Å². The number of anilines is 2. The number of carbonyl (C=O) groups is 1. The standard InChI is InChI=1S/C17H12Cl2FN3O4S/c1-9-12(8-21-27-9)17(24)22-11-3-5-13(18)15(7-11)23-28(25,26)16-6-10(20)2-4-14(16)19/h2-8,23H,1H3,(H,22,24). The van der Waals surface area contributed by atoms with E-state index in [1.165, 1.54) is 24.4 Å². The summed E-state index contributed by atoms with van der Waals surface area (Å²) in [5.74, 6) is -0.933. The van der Waals surface area contributed by atoms with Gasteiger partial charge in [-0.15, -0.1) is 0 Å². The highest BCUT2D eigenvalue weighted by Crippen LogP contribution is 2.30. The molecule has 2 N–H and O–H groups in total. The van der Waals surface area contributed by atoms with Gasteiger partial charge >= 0.3 is 0 Å². The highest BCUT2D eigenvalue weighted by molar-refractivity contribution is 7.92. The van der Waals surface area contributed by atoms with E-state index in [9.17, 15) is 17.6 Å². The molecule has 0 radical (unpaired) electrons. The molecule has 0 bridgehead atoms. The lowest BCUT2D eigenvalue weighted by Gasteiger charge is -2.13. The van der Waals surface area contributed by atoms with Crippen LogP contribution in [0, 0.1) is 12.7 Å². The van der Waals surface area contributed by atoms with E-state index < -0.39 is 26.6 Å². The lowest BCUT2D eigenvalue weighted by atomic mass is 10.2. The first-order chi connectivity index (χ1) is 13.2. The van der Waals surface area contributed by atoms with Crippen LogP contribution in [-0.4, -0.2) is 19.5 Å². The molecule has 2 aromatic carbocycles. The van der Waals surface area contributed by atoms with Crippen LogP contribution in [-0.2, 0) is 10.0 Å². The molecule has 0 aliphatic carbocycles. The lowest BCUT2D eigenvalue weighted by Crippen LogP contribution is -2.15. The molecule has 0 saturated carbocycles. The Labute approximate surface area is 169 Å². The number of hydrogen-bond donors (Lipinski definition) is 2. The van der Waals surface area contributed by atoms with Gasteiger partial charge in [-0.05, 0) is 43.3 Å². The summed E-state index contributed by atoms with van der Waals surface area (Å²) in [7, 11) is -4.23. The predicted molar refractivity (Wildman–Crippen MR) is 103 cm³/mol. The van der Waals surface area contributed by atoms with Crippen molar-refractivity contribution in [1.82, 2.24) is 5.16 Å². The van der Waals surface area contributed by atoms with Crippen LogP contribution in [0.1, 0.15) is 16.1 Å². The molecule has 0 fully saturated rings. The van der Waals surface area contributed by atoms with Crippen molar-refractivity contribution >= 4 is 50.5 Å². The van der Waals surface area contributed by atoms with E-state index >= 15 is 0 Å². The Kier molecular flexibility index (Phi) is 5.59. The summed E-state index contributed by atoms with van der Waals surface area (Å²) in [6.45, 7) is 1.58. The average Bonchev–Trinajstić information content (AvgIpc) is 3.06. The Morgan fingerprint density at radius 2 is 1.86 bits per heavy atom. The van der Waals surface area contributed by atoms with Crippen LogP contribution < -0.4 is 10.0 Å². The van der Waals surface area contributed by atoms with Gasteiger partial charge in [0, 0.05) is 5.69 Å². The fourth-order valence-corrected chi connectivity index (χ4v) is 4.08. The maximum Gasteiger partial charge on any atom is 0.263 e. The zero-order chi connectivity index (χ0) is 20.5. The van der Waals surface area contributed by atoms with Crippen LogP contribution in [0.3, 0.4) is 0 Å². The number of amides is 1. The molecule has 28 heavy (non-hydrogen) atoms. The molecular weight excluding hydrogens is 432 g/mol. The fraction of sp³-hybridized carbons (Fsp3) is 0.0588.